The number of pyridine rings is 1. The number of hydrogen-bond donors (Lipinski definition) is 1. The highest BCUT2D eigenvalue weighted by Gasteiger charge is 2.53. The molecule has 2 aliphatic rings. The van der Waals surface area contributed by atoms with Crippen LogP contribution < -0.4 is 15.5 Å². The Bertz CT molecular complexity index is 909. The molecule has 2 unspecified atom stereocenters. The van der Waals surface area contributed by atoms with Gasteiger partial charge in [-0.2, -0.15) is 22.0 Å². The predicted molar refractivity (Wildman–Crippen MR) is 93.5 cm³/mol. The Labute approximate surface area is 143 Å². The number of nitrogens with two attached hydrogens (primary N) is 1. The first-order valence-electron chi connectivity index (χ1n) is 7.65. The van der Waals surface area contributed by atoms with Crippen LogP contribution in [0.3, 0.4) is 0 Å². The van der Waals surface area contributed by atoms with Crippen LogP contribution in [0, 0.1) is 25.2 Å². The minimum atomic E-state index is -0.311. The van der Waals surface area contributed by atoms with Gasteiger partial charge in [0.05, 0.1) is 10.3 Å². The van der Waals surface area contributed by atoms with Gasteiger partial charge < -0.3 is 10.5 Å². The van der Waals surface area contributed by atoms with Crippen molar-refractivity contribution in [2.75, 3.05) is 5.75 Å². The first-order chi connectivity index (χ1) is 11.0. The van der Waals surface area contributed by atoms with Crippen molar-refractivity contribution in [1.82, 2.24) is 0 Å². The lowest BCUT2D eigenvalue weighted by Crippen LogP contribution is -2.38. The molecule has 2 aromatic rings. The van der Waals surface area contributed by atoms with Crippen LogP contribution in [0.5, 0.6) is 5.75 Å². The van der Waals surface area contributed by atoms with E-state index in [9.17, 15) is 5.26 Å². The summed E-state index contributed by atoms with van der Waals surface area (Å²) in [5, 5.41) is 11.1. The number of aromatic nitrogens is 1. The van der Waals surface area contributed by atoms with E-state index >= 15 is 0 Å². The number of ether oxygens (including phenoxy) is 1. The van der Waals surface area contributed by atoms with Gasteiger partial charge in [0.25, 0.3) is 4.83 Å². The summed E-state index contributed by atoms with van der Waals surface area (Å²) in [6.07, 6.45) is 0.934. The number of nitrogens with zero attached hydrogens (tertiary/aromatic N) is 1. The molecule has 4 nitrogen and oxygen atoms in total. The third-order valence-corrected chi connectivity index (χ3v) is 7.59. The van der Waals surface area contributed by atoms with Crippen LogP contribution in [-0.4, -0.2) is 11.0 Å². The Hall–Kier alpha value is -1.71. The molecule has 2 atom stereocenters. The lowest BCUT2D eigenvalue weighted by molar-refractivity contribution is -0.351. The Balaban J connectivity index is 2.10. The number of H-pyrrole nitrogens is 1. The van der Waals surface area contributed by atoms with Crippen LogP contribution in [-0.2, 0) is 5.41 Å². The lowest BCUT2D eigenvalue weighted by atomic mass is 9.73. The van der Waals surface area contributed by atoms with E-state index in [1.165, 1.54) is 5.56 Å². The van der Waals surface area contributed by atoms with E-state index in [1.54, 1.807) is 11.3 Å². The van der Waals surface area contributed by atoms with Gasteiger partial charge in [0, 0.05) is 18.2 Å². The summed E-state index contributed by atoms with van der Waals surface area (Å²) in [7, 11) is 0. The molecule has 1 fully saturated rings. The number of thiophene rings is 1. The topological polar surface area (TPSA) is 73.2 Å². The molecule has 2 aliphatic heterocycles. The molecule has 23 heavy (non-hydrogen) atoms. The molecule has 4 heterocycles. The van der Waals surface area contributed by atoms with Crippen LogP contribution >= 0.6 is 23.1 Å². The number of nitrogens with one attached hydrogen (secondary N) is 1. The summed E-state index contributed by atoms with van der Waals surface area (Å²) in [6, 6.07) is 4.46. The van der Waals surface area contributed by atoms with Crippen LogP contribution in [0.15, 0.2) is 17.5 Å². The summed E-state index contributed by atoms with van der Waals surface area (Å²) in [4.78, 5) is 5.70. The van der Waals surface area contributed by atoms with Crippen molar-refractivity contribution in [2.45, 2.75) is 37.9 Å². The molecule has 3 N–H and O–H groups in total. The van der Waals surface area contributed by atoms with Gasteiger partial charge in [0.1, 0.15) is 17.0 Å². The van der Waals surface area contributed by atoms with Gasteiger partial charge in [-0.25, -0.2) is 0 Å². The maximum Gasteiger partial charge on any atom is 0.271 e. The summed E-state index contributed by atoms with van der Waals surface area (Å²) < 4.78 is 5.96. The van der Waals surface area contributed by atoms with Crippen molar-refractivity contribution < 1.29 is 9.72 Å². The van der Waals surface area contributed by atoms with Gasteiger partial charge in [-0.05, 0) is 24.7 Å². The summed E-state index contributed by atoms with van der Waals surface area (Å²) in [5.41, 5.74) is 8.76. The second kappa shape index (κ2) is 4.89. The van der Waals surface area contributed by atoms with Crippen molar-refractivity contribution in [3.63, 3.8) is 0 Å². The fourth-order valence-electron chi connectivity index (χ4n) is 3.88. The van der Waals surface area contributed by atoms with E-state index in [4.69, 9.17) is 10.5 Å². The highest BCUT2D eigenvalue weighted by atomic mass is 32.2. The Morgan fingerprint density at radius 1 is 1.48 bits per heavy atom. The molecule has 0 amide bonds. The monoisotopic (exact) mass is 344 g/mol. The molecule has 0 bridgehead atoms. The Morgan fingerprint density at radius 3 is 2.91 bits per heavy atom. The largest absolute Gasteiger partial charge is 0.438 e. The van der Waals surface area contributed by atoms with Crippen molar-refractivity contribution in [2.24, 2.45) is 5.73 Å². The molecular weight excluding hydrogens is 326 g/mol. The Kier molecular flexibility index (Phi) is 3.16. The zero-order valence-electron chi connectivity index (χ0n) is 13.3. The van der Waals surface area contributed by atoms with Crippen molar-refractivity contribution in [1.29, 1.82) is 5.26 Å². The van der Waals surface area contributed by atoms with E-state index in [0.29, 0.717) is 10.8 Å². The summed E-state index contributed by atoms with van der Waals surface area (Å²) in [6.45, 7) is 6.35. The fraction of sp³-hybridized carbons (Fsp3) is 0.412. The number of aromatic amines is 1. The fourth-order valence-corrected chi connectivity index (χ4v) is 6.96. The maximum atomic E-state index is 9.72. The van der Waals surface area contributed by atoms with Crippen molar-refractivity contribution in [3.05, 3.63) is 33.7 Å². The second-order valence-electron chi connectivity index (χ2n) is 6.29. The SMILES string of the molecule is Cc1cc(C)c2c3c(sc2[nH+]1)C1(CCSC1C)C(C#N)=C(N)O3. The van der Waals surface area contributed by atoms with E-state index < -0.39 is 0 Å². The van der Waals surface area contributed by atoms with Crippen LogP contribution in [0.2, 0.25) is 0 Å². The molecule has 2 aromatic heterocycles. The third kappa shape index (κ3) is 1.81. The number of aryl methyl sites for hydroxylation is 2. The molecule has 0 saturated carbocycles. The minimum Gasteiger partial charge on any atom is -0.438 e. The highest BCUT2D eigenvalue weighted by molar-refractivity contribution is 8.00. The third-order valence-electron chi connectivity index (χ3n) is 4.98. The van der Waals surface area contributed by atoms with Gasteiger partial charge >= 0.3 is 0 Å². The van der Waals surface area contributed by atoms with E-state index in [0.717, 1.165) is 38.7 Å². The van der Waals surface area contributed by atoms with E-state index in [1.807, 2.05) is 11.8 Å². The molecular formula is C17H18N3OS2+. The zero-order valence-corrected chi connectivity index (χ0v) is 15.0. The standard InChI is InChI=1S/C17H17N3OS2/c1-8-6-9(2)20-16-12(8)13-14(23-16)17(4-5-22-10(17)3)11(7-18)15(19)21-13/h6,10H,4-5,19H2,1-3H3/p+1. The maximum absolute atomic E-state index is 9.72. The molecule has 0 aliphatic carbocycles. The lowest BCUT2D eigenvalue weighted by Gasteiger charge is -2.35. The van der Waals surface area contributed by atoms with Crippen LogP contribution in [0.4, 0.5) is 0 Å². The highest BCUT2D eigenvalue weighted by Crippen LogP contribution is 2.59. The molecule has 0 aromatic carbocycles. The van der Waals surface area contributed by atoms with Gasteiger partial charge in [-0.3, -0.25) is 0 Å². The van der Waals surface area contributed by atoms with Gasteiger partial charge in [0.15, 0.2) is 11.4 Å². The van der Waals surface area contributed by atoms with Crippen LogP contribution in [0.1, 0.15) is 29.5 Å². The number of rotatable bonds is 0. The van der Waals surface area contributed by atoms with Crippen LogP contribution in [0.25, 0.3) is 10.2 Å². The molecule has 0 radical (unpaired) electrons. The summed E-state index contributed by atoms with van der Waals surface area (Å²) in [5.74, 6) is 2.16. The molecule has 6 heteroatoms. The molecule has 4 rings (SSSR count). The van der Waals surface area contributed by atoms with Crippen molar-refractivity contribution in [3.8, 4) is 11.8 Å². The van der Waals surface area contributed by atoms with Gasteiger partial charge in [0.2, 0.25) is 5.88 Å². The second-order valence-corrected chi connectivity index (χ2v) is 8.76. The number of nitriles is 1. The molecule has 1 saturated heterocycles. The number of hydrogen-bond acceptors (Lipinski definition) is 5. The van der Waals surface area contributed by atoms with E-state index in [-0.39, 0.29) is 11.3 Å². The normalized spacial score (nSPS) is 26.4. The number of thioether (sulfide) groups is 1. The molecule has 1 spiro atoms. The first kappa shape index (κ1) is 14.9. The number of fused-ring (bicyclic) bond motifs is 4. The minimum absolute atomic E-state index is 0.272. The van der Waals surface area contributed by atoms with Crippen molar-refractivity contribution >= 4 is 33.3 Å². The summed E-state index contributed by atoms with van der Waals surface area (Å²) >= 11 is 3.62. The quantitative estimate of drug-likeness (QED) is 0.796. The zero-order chi connectivity index (χ0) is 16.4. The Morgan fingerprint density at radius 2 is 2.26 bits per heavy atom. The van der Waals surface area contributed by atoms with E-state index in [2.05, 4.69) is 37.9 Å². The van der Waals surface area contributed by atoms with Gasteiger partial charge in [-0.1, -0.05) is 18.3 Å². The van der Waals surface area contributed by atoms with Gasteiger partial charge in [-0.15, -0.1) is 0 Å². The predicted octanol–water partition coefficient (Wildman–Crippen LogP) is 3.18. The molecule has 118 valence electrons. The smallest absolute Gasteiger partial charge is 0.271 e. The average molecular weight is 344 g/mol. The average Bonchev–Trinajstić information content (AvgIpc) is 3.02. The first-order valence-corrected chi connectivity index (χ1v) is 9.52. The number of allylic oxidation sites excluding steroid dienone is 1.